The number of hydrogen-bond acceptors (Lipinski definition) is 3. The van der Waals surface area contributed by atoms with Gasteiger partial charge in [0.1, 0.15) is 6.04 Å². The van der Waals surface area contributed by atoms with E-state index in [1.807, 2.05) is 0 Å². The molecule has 80 valence electrons. The molecule has 3 unspecified atom stereocenters. The van der Waals surface area contributed by atoms with Crippen molar-refractivity contribution in [2.75, 3.05) is 0 Å². The molecule has 2 N–H and O–H groups in total. The summed E-state index contributed by atoms with van der Waals surface area (Å²) in [6.07, 6.45) is 5.03. The topological polar surface area (TPSA) is 58.6 Å². The molecule has 2 fully saturated rings. The third-order valence-electron chi connectivity index (χ3n) is 3.22. The zero-order valence-electron chi connectivity index (χ0n) is 8.40. The average molecular weight is 199 g/mol. The van der Waals surface area contributed by atoms with Crippen LogP contribution in [-0.4, -0.2) is 35.4 Å². The van der Waals surface area contributed by atoms with E-state index < -0.39 is 12.0 Å². The van der Waals surface area contributed by atoms with E-state index in [0.29, 0.717) is 6.10 Å². The van der Waals surface area contributed by atoms with Crippen LogP contribution >= 0.6 is 0 Å². The highest BCUT2D eigenvalue weighted by molar-refractivity contribution is 5.72. The second kappa shape index (κ2) is 3.87. The molecule has 0 aromatic carbocycles. The Kier molecular flexibility index (Phi) is 2.74. The Bertz CT molecular complexity index is 231. The Balaban J connectivity index is 1.88. The van der Waals surface area contributed by atoms with E-state index in [2.05, 4.69) is 5.32 Å². The summed E-state index contributed by atoms with van der Waals surface area (Å²) in [7, 11) is 0. The van der Waals surface area contributed by atoms with Crippen LogP contribution in [0.4, 0.5) is 0 Å². The number of hydrogen-bond donors (Lipinski definition) is 2. The van der Waals surface area contributed by atoms with Gasteiger partial charge in [-0.2, -0.15) is 0 Å². The molecular weight excluding hydrogens is 182 g/mol. The fourth-order valence-corrected chi connectivity index (χ4v) is 2.38. The molecule has 2 saturated heterocycles. The lowest BCUT2D eigenvalue weighted by Gasteiger charge is -2.31. The molecule has 0 aromatic rings. The molecule has 0 radical (unpaired) electrons. The zero-order chi connectivity index (χ0) is 10.1. The van der Waals surface area contributed by atoms with Gasteiger partial charge in [0.15, 0.2) is 0 Å². The van der Waals surface area contributed by atoms with Gasteiger partial charge >= 0.3 is 5.97 Å². The second-order valence-electron chi connectivity index (χ2n) is 4.28. The average Bonchev–Trinajstić information content (AvgIpc) is 2.53. The predicted molar refractivity (Wildman–Crippen MR) is 51.2 cm³/mol. The summed E-state index contributed by atoms with van der Waals surface area (Å²) in [5.74, 6) is -0.787. The SMILES string of the molecule is C[C@H](NC1CCC2CCC1O2)C(=O)O. The molecule has 2 bridgehead atoms. The molecule has 2 heterocycles. The lowest BCUT2D eigenvalue weighted by Crippen LogP contribution is -2.49. The standard InChI is InChI=1S/C10H17NO3/c1-6(10(12)13)11-8-4-2-7-3-5-9(8)14-7/h6-9,11H,2-5H2,1H3,(H,12,13)/t6-,7?,8?,9?/m0/s1. The van der Waals surface area contributed by atoms with E-state index in [-0.39, 0.29) is 12.1 Å². The van der Waals surface area contributed by atoms with E-state index in [4.69, 9.17) is 9.84 Å². The summed E-state index contributed by atoms with van der Waals surface area (Å²) in [6, 6.07) is -0.236. The normalized spacial score (nSPS) is 38.2. The van der Waals surface area contributed by atoms with E-state index in [1.54, 1.807) is 6.92 Å². The number of ether oxygens (including phenoxy) is 1. The predicted octanol–water partition coefficient (Wildman–Crippen LogP) is 0.759. The van der Waals surface area contributed by atoms with Crippen LogP contribution in [0.3, 0.4) is 0 Å². The van der Waals surface area contributed by atoms with E-state index in [9.17, 15) is 4.79 Å². The van der Waals surface area contributed by atoms with Crippen LogP contribution in [0.2, 0.25) is 0 Å². The first-order valence-electron chi connectivity index (χ1n) is 5.31. The molecule has 4 nitrogen and oxygen atoms in total. The van der Waals surface area contributed by atoms with Crippen LogP contribution in [-0.2, 0) is 9.53 Å². The van der Waals surface area contributed by atoms with Crippen molar-refractivity contribution in [1.29, 1.82) is 0 Å². The smallest absolute Gasteiger partial charge is 0.320 e. The minimum absolute atomic E-state index is 0.236. The quantitative estimate of drug-likeness (QED) is 0.704. The number of carboxylic acids is 1. The van der Waals surface area contributed by atoms with Crippen molar-refractivity contribution in [3.05, 3.63) is 0 Å². The highest BCUT2D eigenvalue weighted by Crippen LogP contribution is 2.32. The number of nitrogens with one attached hydrogen (secondary N) is 1. The molecule has 0 aliphatic carbocycles. The van der Waals surface area contributed by atoms with Gasteiger partial charge in [0, 0.05) is 6.04 Å². The van der Waals surface area contributed by atoms with Gasteiger partial charge in [-0.1, -0.05) is 0 Å². The summed E-state index contributed by atoms with van der Waals surface area (Å²) in [6.45, 7) is 1.68. The van der Waals surface area contributed by atoms with Crippen molar-refractivity contribution in [1.82, 2.24) is 5.32 Å². The van der Waals surface area contributed by atoms with Crippen molar-refractivity contribution in [3.8, 4) is 0 Å². The van der Waals surface area contributed by atoms with Crippen LogP contribution in [0.1, 0.15) is 32.6 Å². The van der Waals surface area contributed by atoms with Crippen molar-refractivity contribution in [3.63, 3.8) is 0 Å². The molecule has 0 aromatic heterocycles. The highest BCUT2D eigenvalue weighted by Gasteiger charge is 2.37. The Hall–Kier alpha value is -0.610. The molecular formula is C10H17NO3. The van der Waals surface area contributed by atoms with E-state index in [0.717, 1.165) is 25.7 Å². The number of carbonyl (C=O) groups is 1. The largest absolute Gasteiger partial charge is 0.480 e. The van der Waals surface area contributed by atoms with Gasteiger partial charge in [0.25, 0.3) is 0 Å². The maximum atomic E-state index is 10.7. The van der Waals surface area contributed by atoms with Crippen LogP contribution in [0.25, 0.3) is 0 Å². The lowest BCUT2D eigenvalue weighted by atomic mass is 10.0. The first-order chi connectivity index (χ1) is 6.66. The third kappa shape index (κ3) is 1.91. The molecule has 0 amide bonds. The zero-order valence-corrected chi connectivity index (χ0v) is 8.40. The summed E-state index contributed by atoms with van der Waals surface area (Å²) >= 11 is 0. The lowest BCUT2D eigenvalue weighted by molar-refractivity contribution is -0.139. The number of rotatable bonds is 3. The number of fused-ring (bicyclic) bond motifs is 2. The van der Waals surface area contributed by atoms with Crippen LogP contribution in [0, 0.1) is 0 Å². The molecule has 2 rings (SSSR count). The van der Waals surface area contributed by atoms with Crippen molar-refractivity contribution in [2.45, 2.75) is 56.9 Å². The minimum Gasteiger partial charge on any atom is -0.480 e. The fourth-order valence-electron chi connectivity index (χ4n) is 2.38. The molecule has 2 aliphatic rings. The maximum Gasteiger partial charge on any atom is 0.320 e. The van der Waals surface area contributed by atoms with Crippen molar-refractivity contribution < 1.29 is 14.6 Å². The Morgan fingerprint density at radius 3 is 2.86 bits per heavy atom. The maximum absolute atomic E-state index is 10.7. The van der Waals surface area contributed by atoms with Gasteiger partial charge in [-0.3, -0.25) is 10.1 Å². The minimum atomic E-state index is -0.787. The summed E-state index contributed by atoms with van der Waals surface area (Å²) < 4.78 is 5.74. The van der Waals surface area contributed by atoms with Crippen LogP contribution in [0.15, 0.2) is 0 Å². The van der Waals surface area contributed by atoms with Gasteiger partial charge in [-0.15, -0.1) is 0 Å². The Labute approximate surface area is 83.6 Å². The first kappa shape index (κ1) is 9.93. The van der Waals surface area contributed by atoms with Crippen molar-refractivity contribution in [2.24, 2.45) is 0 Å². The Morgan fingerprint density at radius 2 is 2.14 bits per heavy atom. The number of carboxylic acid groups (broad SMARTS) is 1. The molecule has 0 spiro atoms. The van der Waals surface area contributed by atoms with Crippen LogP contribution < -0.4 is 5.32 Å². The Morgan fingerprint density at radius 1 is 1.43 bits per heavy atom. The summed E-state index contributed by atoms with van der Waals surface area (Å²) in [5.41, 5.74) is 0. The molecule has 0 saturated carbocycles. The van der Waals surface area contributed by atoms with Gasteiger partial charge in [-0.25, -0.2) is 0 Å². The van der Waals surface area contributed by atoms with Crippen molar-refractivity contribution >= 4 is 5.97 Å². The van der Waals surface area contributed by atoms with Crippen LogP contribution in [0.5, 0.6) is 0 Å². The number of aliphatic carboxylic acids is 1. The first-order valence-corrected chi connectivity index (χ1v) is 5.31. The highest BCUT2D eigenvalue weighted by atomic mass is 16.5. The summed E-state index contributed by atoms with van der Waals surface area (Å²) in [4.78, 5) is 10.7. The van der Waals surface area contributed by atoms with Gasteiger partial charge in [-0.05, 0) is 32.6 Å². The molecule has 2 aliphatic heterocycles. The second-order valence-corrected chi connectivity index (χ2v) is 4.28. The molecule has 14 heavy (non-hydrogen) atoms. The van der Waals surface area contributed by atoms with Gasteiger partial charge in [0.05, 0.1) is 12.2 Å². The summed E-state index contributed by atoms with van der Waals surface area (Å²) in [5, 5.41) is 11.9. The fraction of sp³-hybridized carbons (Fsp3) is 0.900. The third-order valence-corrected chi connectivity index (χ3v) is 3.22. The molecule has 4 atom stereocenters. The molecule has 4 heteroatoms. The van der Waals surface area contributed by atoms with E-state index in [1.165, 1.54) is 0 Å². The van der Waals surface area contributed by atoms with Gasteiger partial charge in [0.2, 0.25) is 0 Å². The monoisotopic (exact) mass is 199 g/mol. The van der Waals surface area contributed by atoms with E-state index >= 15 is 0 Å². The van der Waals surface area contributed by atoms with Gasteiger partial charge < -0.3 is 9.84 Å².